The highest BCUT2D eigenvalue weighted by Crippen LogP contribution is 2.31. The number of halogens is 2. The number of carbonyl (C=O) groups is 1. The predicted octanol–water partition coefficient (Wildman–Crippen LogP) is 2.76. The summed E-state index contributed by atoms with van der Waals surface area (Å²) in [5.41, 5.74) is 7.70. The Morgan fingerprint density at radius 2 is 2.15 bits per heavy atom. The summed E-state index contributed by atoms with van der Waals surface area (Å²) in [5, 5.41) is 6.31. The Hall–Kier alpha value is -2.64. The highest BCUT2D eigenvalue weighted by Gasteiger charge is 2.21. The molecule has 3 N–H and O–H groups in total. The minimum absolute atomic E-state index is 0. The van der Waals surface area contributed by atoms with E-state index in [9.17, 15) is 9.18 Å². The summed E-state index contributed by atoms with van der Waals surface area (Å²) in [6, 6.07) is 11.8. The Morgan fingerprint density at radius 3 is 2.81 bits per heavy atom. The van der Waals surface area contributed by atoms with Crippen LogP contribution in [-0.2, 0) is 4.84 Å². The van der Waals surface area contributed by atoms with Gasteiger partial charge in [-0.25, -0.2) is 4.39 Å². The van der Waals surface area contributed by atoms with Crippen LogP contribution in [-0.4, -0.2) is 37.9 Å². The third kappa shape index (κ3) is 4.75. The fraction of sp³-hybridized carbons (Fsp3) is 0.263. The SMILES string of the molecule is CNC(=O)c1ccc(-c2ccccc2OCC2CC(CN)=NO2)cc1F.Cl. The minimum atomic E-state index is -0.586. The smallest absolute Gasteiger partial charge is 0.253 e. The van der Waals surface area contributed by atoms with Gasteiger partial charge in [-0.1, -0.05) is 29.4 Å². The molecule has 3 rings (SSSR count). The molecule has 0 saturated carbocycles. The van der Waals surface area contributed by atoms with E-state index in [1.165, 1.54) is 19.2 Å². The van der Waals surface area contributed by atoms with Crippen molar-refractivity contribution in [1.29, 1.82) is 0 Å². The highest BCUT2D eigenvalue weighted by molar-refractivity contribution is 5.94. The average Bonchev–Trinajstić information content (AvgIpc) is 3.14. The van der Waals surface area contributed by atoms with Gasteiger partial charge in [0.1, 0.15) is 18.2 Å². The van der Waals surface area contributed by atoms with Crippen molar-refractivity contribution >= 4 is 24.0 Å². The molecule has 2 aromatic rings. The number of nitrogens with two attached hydrogens (primary N) is 1. The van der Waals surface area contributed by atoms with Crippen LogP contribution in [0.2, 0.25) is 0 Å². The van der Waals surface area contributed by atoms with Gasteiger partial charge in [0.15, 0.2) is 6.10 Å². The van der Waals surface area contributed by atoms with Crippen LogP contribution in [0.3, 0.4) is 0 Å². The first kappa shape index (κ1) is 20.7. The van der Waals surface area contributed by atoms with E-state index in [0.717, 1.165) is 11.3 Å². The quantitative estimate of drug-likeness (QED) is 0.790. The molecule has 0 spiro atoms. The van der Waals surface area contributed by atoms with E-state index >= 15 is 0 Å². The summed E-state index contributed by atoms with van der Waals surface area (Å²) in [6.07, 6.45) is 0.447. The Morgan fingerprint density at radius 1 is 1.37 bits per heavy atom. The van der Waals surface area contributed by atoms with Crippen molar-refractivity contribution in [3.63, 3.8) is 0 Å². The first-order chi connectivity index (χ1) is 12.6. The molecule has 0 aliphatic carbocycles. The summed E-state index contributed by atoms with van der Waals surface area (Å²) in [5.74, 6) is -0.450. The molecule has 8 heteroatoms. The number of rotatable bonds is 6. The zero-order chi connectivity index (χ0) is 18.5. The Balaban J connectivity index is 0.00000261. The van der Waals surface area contributed by atoms with Crippen molar-refractivity contribution in [2.45, 2.75) is 12.5 Å². The molecule has 1 aliphatic heterocycles. The van der Waals surface area contributed by atoms with Crippen molar-refractivity contribution in [2.75, 3.05) is 20.2 Å². The lowest BCUT2D eigenvalue weighted by molar-refractivity contribution is 0.0472. The molecular formula is C19H21ClFN3O3. The Bertz CT molecular complexity index is 845. The molecule has 0 saturated heterocycles. The van der Waals surface area contributed by atoms with Gasteiger partial charge in [-0.15, -0.1) is 12.4 Å². The van der Waals surface area contributed by atoms with E-state index < -0.39 is 11.7 Å². The molecule has 1 unspecified atom stereocenters. The number of amides is 1. The summed E-state index contributed by atoms with van der Waals surface area (Å²) >= 11 is 0. The van der Waals surface area contributed by atoms with Crippen LogP contribution < -0.4 is 15.8 Å². The zero-order valence-corrected chi connectivity index (χ0v) is 15.6. The van der Waals surface area contributed by atoms with Crippen molar-refractivity contribution in [3.05, 3.63) is 53.8 Å². The second-order valence-corrected chi connectivity index (χ2v) is 5.87. The molecule has 1 amide bonds. The monoisotopic (exact) mass is 393 g/mol. The summed E-state index contributed by atoms with van der Waals surface area (Å²) in [4.78, 5) is 16.9. The van der Waals surface area contributed by atoms with Crippen LogP contribution in [0.15, 0.2) is 47.6 Å². The van der Waals surface area contributed by atoms with E-state index in [-0.39, 0.29) is 24.1 Å². The standard InChI is InChI=1S/C19H20FN3O3.ClH/c1-22-19(24)16-7-6-12(8-17(16)20)15-4-2-3-5-18(15)25-11-14-9-13(10-21)23-26-14;/h2-8,14H,9-11,21H2,1H3,(H,22,24);1H. The first-order valence-corrected chi connectivity index (χ1v) is 8.28. The van der Waals surface area contributed by atoms with E-state index in [4.69, 9.17) is 15.3 Å². The van der Waals surface area contributed by atoms with Crippen LogP contribution in [0.5, 0.6) is 5.75 Å². The van der Waals surface area contributed by atoms with Crippen molar-refractivity contribution < 1.29 is 18.8 Å². The third-order valence-electron chi connectivity index (χ3n) is 4.09. The highest BCUT2D eigenvalue weighted by atomic mass is 35.5. The fourth-order valence-corrected chi connectivity index (χ4v) is 2.71. The number of ether oxygens (including phenoxy) is 1. The zero-order valence-electron chi connectivity index (χ0n) is 14.8. The minimum Gasteiger partial charge on any atom is -0.489 e. The van der Waals surface area contributed by atoms with Crippen LogP contribution >= 0.6 is 12.4 Å². The largest absolute Gasteiger partial charge is 0.489 e. The maximum Gasteiger partial charge on any atom is 0.253 e. The molecule has 27 heavy (non-hydrogen) atoms. The number of hydrogen-bond acceptors (Lipinski definition) is 5. The molecule has 0 radical (unpaired) electrons. The molecule has 6 nitrogen and oxygen atoms in total. The molecule has 0 aromatic heterocycles. The predicted molar refractivity (Wildman–Crippen MR) is 104 cm³/mol. The van der Waals surface area contributed by atoms with Crippen LogP contribution in [0.4, 0.5) is 4.39 Å². The second kappa shape index (κ2) is 9.34. The van der Waals surface area contributed by atoms with Gasteiger partial charge in [0.05, 0.1) is 11.3 Å². The summed E-state index contributed by atoms with van der Waals surface area (Å²) in [7, 11) is 1.46. The van der Waals surface area contributed by atoms with Gasteiger partial charge in [0.2, 0.25) is 0 Å². The number of oxime groups is 1. The maximum atomic E-state index is 14.3. The summed E-state index contributed by atoms with van der Waals surface area (Å²) < 4.78 is 20.1. The van der Waals surface area contributed by atoms with Crippen LogP contribution in [0.25, 0.3) is 11.1 Å². The first-order valence-electron chi connectivity index (χ1n) is 8.28. The molecule has 1 atom stereocenters. The van der Waals surface area contributed by atoms with E-state index in [1.54, 1.807) is 12.1 Å². The van der Waals surface area contributed by atoms with Gasteiger partial charge in [-0.2, -0.15) is 0 Å². The fourth-order valence-electron chi connectivity index (χ4n) is 2.71. The van der Waals surface area contributed by atoms with Gasteiger partial charge in [0, 0.05) is 25.6 Å². The molecule has 1 aliphatic rings. The van der Waals surface area contributed by atoms with Gasteiger partial charge in [-0.05, 0) is 23.8 Å². The molecule has 0 bridgehead atoms. The molecule has 1 heterocycles. The number of nitrogens with one attached hydrogen (secondary N) is 1. The van der Waals surface area contributed by atoms with Gasteiger partial charge in [0.25, 0.3) is 5.91 Å². The number of para-hydroxylation sites is 1. The summed E-state index contributed by atoms with van der Waals surface area (Å²) in [6.45, 7) is 0.673. The average molecular weight is 394 g/mol. The Kier molecular flexibility index (Phi) is 7.15. The van der Waals surface area contributed by atoms with Crippen molar-refractivity contribution in [3.8, 4) is 16.9 Å². The lowest BCUT2D eigenvalue weighted by Gasteiger charge is -2.14. The number of hydrogen-bond donors (Lipinski definition) is 2. The lowest BCUT2D eigenvalue weighted by atomic mass is 10.0. The third-order valence-corrected chi connectivity index (χ3v) is 4.09. The second-order valence-electron chi connectivity index (χ2n) is 5.87. The Labute approximate surface area is 162 Å². The van der Waals surface area contributed by atoms with Crippen LogP contribution in [0, 0.1) is 5.82 Å². The molecular weight excluding hydrogens is 373 g/mol. The molecule has 0 fully saturated rings. The van der Waals surface area contributed by atoms with E-state index in [1.807, 2.05) is 18.2 Å². The van der Waals surface area contributed by atoms with Crippen LogP contribution in [0.1, 0.15) is 16.8 Å². The van der Waals surface area contributed by atoms with Gasteiger partial charge >= 0.3 is 0 Å². The van der Waals surface area contributed by atoms with E-state index in [0.29, 0.717) is 30.9 Å². The number of carbonyl (C=O) groups excluding carboxylic acids is 1. The number of benzene rings is 2. The van der Waals surface area contributed by atoms with Crippen molar-refractivity contribution in [2.24, 2.45) is 10.9 Å². The lowest BCUT2D eigenvalue weighted by Crippen LogP contribution is -2.20. The maximum absolute atomic E-state index is 14.3. The van der Waals surface area contributed by atoms with Gasteiger partial charge in [-0.3, -0.25) is 4.79 Å². The molecule has 144 valence electrons. The molecule has 2 aromatic carbocycles. The number of nitrogens with zero attached hydrogens (tertiary/aromatic N) is 1. The normalized spacial score (nSPS) is 15.4. The van der Waals surface area contributed by atoms with E-state index in [2.05, 4.69) is 10.5 Å². The van der Waals surface area contributed by atoms with Crippen molar-refractivity contribution in [1.82, 2.24) is 5.32 Å². The topological polar surface area (TPSA) is 85.9 Å². The van der Waals surface area contributed by atoms with Gasteiger partial charge < -0.3 is 20.6 Å².